The van der Waals surface area contributed by atoms with Gasteiger partial charge in [0.2, 0.25) is 11.8 Å². The summed E-state index contributed by atoms with van der Waals surface area (Å²) in [5.74, 6) is -0.793. The summed E-state index contributed by atoms with van der Waals surface area (Å²) in [6, 6.07) is 6.15. The predicted molar refractivity (Wildman–Crippen MR) is 81.0 cm³/mol. The number of carboxylic acid groups (broad SMARTS) is 1. The maximum Gasteiger partial charge on any atom is 0.326 e. The van der Waals surface area contributed by atoms with Crippen molar-refractivity contribution in [2.24, 2.45) is 5.73 Å². The summed E-state index contributed by atoms with van der Waals surface area (Å²) in [5.41, 5.74) is 6.58. The summed E-state index contributed by atoms with van der Waals surface area (Å²) in [6.45, 7) is 1.28. The molecule has 0 bridgehead atoms. The van der Waals surface area contributed by atoms with E-state index in [9.17, 15) is 14.4 Å². The van der Waals surface area contributed by atoms with Crippen molar-refractivity contribution in [1.82, 2.24) is 5.32 Å². The van der Waals surface area contributed by atoms with Gasteiger partial charge in [-0.3, -0.25) is 9.59 Å². The Hall–Kier alpha value is -2.02. The number of rotatable bonds is 8. The molecule has 0 heterocycles. The molecule has 114 valence electrons. The SMILES string of the molecule is CC(=O)NC(CCSCc1ccccc1C(N)=O)C(=O)O. The lowest BCUT2D eigenvalue weighted by atomic mass is 10.1. The lowest BCUT2D eigenvalue weighted by Gasteiger charge is -2.13. The van der Waals surface area contributed by atoms with Gasteiger partial charge in [-0.2, -0.15) is 11.8 Å². The second-order valence-electron chi connectivity index (χ2n) is 4.45. The average molecular weight is 310 g/mol. The van der Waals surface area contributed by atoms with Gasteiger partial charge in [0.15, 0.2) is 0 Å². The van der Waals surface area contributed by atoms with Gasteiger partial charge in [0.05, 0.1) is 0 Å². The highest BCUT2D eigenvalue weighted by molar-refractivity contribution is 7.98. The van der Waals surface area contributed by atoms with E-state index in [0.29, 0.717) is 23.5 Å². The second-order valence-corrected chi connectivity index (χ2v) is 5.56. The van der Waals surface area contributed by atoms with E-state index < -0.39 is 17.9 Å². The van der Waals surface area contributed by atoms with E-state index in [1.165, 1.54) is 18.7 Å². The second kappa shape index (κ2) is 8.31. The standard InChI is InChI=1S/C14H18N2O4S/c1-9(17)16-12(14(19)20)6-7-21-8-10-4-2-3-5-11(10)13(15)18/h2-5,12H,6-8H2,1H3,(H2,15,18)(H,16,17)(H,19,20). The Labute approximate surface area is 127 Å². The van der Waals surface area contributed by atoms with Crippen LogP contribution in [0.5, 0.6) is 0 Å². The Morgan fingerprint density at radius 1 is 1.33 bits per heavy atom. The van der Waals surface area contributed by atoms with Crippen molar-refractivity contribution in [2.75, 3.05) is 5.75 Å². The smallest absolute Gasteiger partial charge is 0.326 e. The largest absolute Gasteiger partial charge is 0.480 e. The van der Waals surface area contributed by atoms with Gasteiger partial charge in [-0.15, -0.1) is 0 Å². The quantitative estimate of drug-likeness (QED) is 0.620. The lowest BCUT2D eigenvalue weighted by Crippen LogP contribution is -2.39. The molecule has 1 unspecified atom stereocenters. The average Bonchev–Trinajstić information content (AvgIpc) is 2.41. The number of nitrogens with one attached hydrogen (secondary N) is 1. The van der Waals surface area contributed by atoms with Crippen LogP contribution in [0, 0.1) is 0 Å². The minimum absolute atomic E-state index is 0.318. The number of amides is 2. The van der Waals surface area contributed by atoms with Crippen molar-refractivity contribution in [3.63, 3.8) is 0 Å². The van der Waals surface area contributed by atoms with Crippen LogP contribution >= 0.6 is 11.8 Å². The van der Waals surface area contributed by atoms with E-state index in [1.807, 2.05) is 12.1 Å². The summed E-state index contributed by atoms with van der Waals surface area (Å²) in [4.78, 5) is 33.1. The first kappa shape index (κ1) is 17.0. The number of hydrogen-bond acceptors (Lipinski definition) is 4. The normalized spacial score (nSPS) is 11.7. The molecule has 0 spiro atoms. The maximum absolute atomic E-state index is 11.3. The minimum atomic E-state index is -1.05. The van der Waals surface area contributed by atoms with E-state index in [4.69, 9.17) is 10.8 Å². The monoisotopic (exact) mass is 310 g/mol. The Bertz CT molecular complexity index is 533. The van der Waals surface area contributed by atoms with Crippen LogP contribution in [0.4, 0.5) is 0 Å². The summed E-state index contributed by atoms with van der Waals surface area (Å²) in [5, 5.41) is 11.4. The highest BCUT2D eigenvalue weighted by Crippen LogP contribution is 2.17. The molecular formula is C14H18N2O4S. The third-order valence-electron chi connectivity index (χ3n) is 2.77. The third-order valence-corrected chi connectivity index (χ3v) is 3.81. The molecular weight excluding hydrogens is 292 g/mol. The molecule has 0 aliphatic carbocycles. The van der Waals surface area contributed by atoms with Crippen LogP contribution in [0.2, 0.25) is 0 Å². The van der Waals surface area contributed by atoms with Crippen LogP contribution in [0.1, 0.15) is 29.3 Å². The number of carbonyl (C=O) groups is 3. The molecule has 1 aromatic rings. The highest BCUT2D eigenvalue weighted by atomic mass is 32.2. The fourth-order valence-electron chi connectivity index (χ4n) is 1.77. The molecule has 6 nitrogen and oxygen atoms in total. The molecule has 0 saturated heterocycles. The van der Waals surface area contributed by atoms with E-state index in [0.717, 1.165) is 5.56 Å². The summed E-state index contributed by atoms with van der Waals surface area (Å²) in [6.07, 6.45) is 0.318. The van der Waals surface area contributed by atoms with E-state index in [1.54, 1.807) is 12.1 Å². The molecule has 4 N–H and O–H groups in total. The molecule has 1 atom stereocenters. The summed E-state index contributed by atoms with van der Waals surface area (Å²) in [7, 11) is 0. The van der Waals surface area contributed by atoms with Crippen LogP contribution in [0.25, 0.3) is 0 Å². The van der Waals surface area contributed by atoms with E-state index in [-0.39, 0.29) is 5.91 Å². The van der Waals surface area contributed by atoms with Crippen LogP contribution in [0.15, 0.2) is 24.3 Å². The Morgan fingerprint density at radius 3 is 2.57 bits per heavy atom. The van der Waals surface area contributed by atoms with Gasteiger partial charge < -0.3 is 16.2 Å². The van der Waals surface area contributed by atoms with Gasteiger partial charge in [0.1, 0.15) is 6.04 Å². The number of benzene rings is 1. The third kappa shape index (κ3) is 5.86. The molecule has 1 rings (SSSR count). The molecule has 0 saturated carbocycles. The predicted octanol–water partition coefficient (Wildman–Crippen LogP) is 0.998. The first-order valence-electron chi connectivity index (χ1n) is 6.37. The maximum atomic E-state index is 11.3. The van der Waals surface area contributed by atoms with Crippen molar-refractivity contribution in [2.45, 2.75) is 25.1 Å². The van der Waals surface area contributed by atoms with Gasteiger partial charge in [-0.25, -0.2) is 4.79 Å². The molecule has 0 aliphatic heterocycles. The Kier molecular flexibility index (Phi) is 6.74. The molecule has 0 aliphatic rings. The van der Waals surface area contributed by atoms with Crippen molar-refractivity contribution < 1.29 is 19.5 Å². The highest BCUT2D eigenvalue weighted by Gasteiger charge is 2.17. The number of primary amides is 1. The molecule has 0 radical (unpaired) electrons. The van der Waals surface area contributed by atoms with Crippen molar-refractivity contribution in [3.05, 3.63) is 35.4 Å². The van der Waals surface area contributed by atoms with Crippen LogP contribution in [-0.4, -0.2) is 34.7 Å². The molecule has 0 aromatic heterocycles. The van der Waals surface area contributed by atoms with E-state index in [2.05, 4.69) is 5.32 Å². The topological polar surface area (TPSA) is 109 Å². The molecule has 0 fully saturated rings. The van der Waals surface area contributed by atoms with Crippen molar-refractivity contribution in [1.29, 1.82) is 0 Å². The lowest BCUT2D eigenvalue weighted by molar-refractivity contribution is -0.141. The summed E-state index contributed by atoms with van der Waals surface area (Å²) < 4.78 is 0. The van der Waals surface area contributed by atoms with Crippen molar-refractivity contribution in [3.8, 4) is 0 Å². The Morgan fingerprint density at radius 2 is 2.00 bits per heavy atom. The van der Waals surface area contributed by atoms with Crippen molar-refractivity contribution >= 4 is 29.5 Å². The van der Waals surface area contributed by atoms with Gasteiger partial charge in [-0.05, 0) is 23.8 Å². The van der Waals surface area contributed by atoms with Gasteiger partial charge >= 0.3 is 5.97 Å². The fourth-order valence-corrected chi connectivity index (χ4v) is 2.79. The van der Waals surface area contributed by atoms with Crippen LogP contribution in [0.3, 0.4) is 0 Å². The zero-order chi connectivity index (χ0) is 15.8. The molecule has 7 heteroatoms. The first-order valence-corrected chi connectivity index (χ1v) is 7.52. The molecule has 21 heavy (non-hydrogen) atoms. The number of aliphatic carboxylic acids is 1. The van der Waals surface area contributed by atoms with Crippen LogP contribution < -0.4 is 11.1 Å². The molecule has 1 aromatic carbocycles. The molecule has 2 amide bonds. The summed E-state index contributed by atoms with van der Waals surface area (Å²) >= 11 is 1.49. The zero-order valence-corrected chi connectivity index (χ0v) is 12.5. The van der Waals surface area contributed by atoms with Gasteiger partial charge in [0.25, 0.3) is 0 Å². The number of nitrogens with two attached hydrogens (primary N) is 1. The fraction of sp³-hybridized carbons (Fsp3) is 0.357. The number of carbonyl (C=O) groups excluding carboxylic acids is 2. The first-order chi connectivity index (χ1) is 9.91. The number of thioether (sulfide) groups is 1. The van der Waals surface area contributed by atoms with Gasteiger partial charge in [-0.1, -0.05) is 18.2 Å². The van der Waals surface area contributed by atoms with Gasteiger partial charge in [0, 0.05) is 18.2 Å². The zero-order valence-electron chi connectivity index (χ0n) is 11.7. The van der Waals surface area contributed by atoms with E-state index >= 15 is 0 Å². The number of hydrogen-bond donors (Lipinski definition) is 3. The van der Waals surface area contributed by atoms with Crippen LogP contribution in [-0.2, 0) is 15.3 Å². The minimum Gasteiger partial charge on any atom is -0.480 e. The Balaban J connectivity index is 2.48. The number of carboxylic acids is 1.